The average molecular weight is 471 g/mol. The van der Waals surface area contributed by atoms with Gasteiger partial charge in [0.1, 0.15) is 6.10 Å². The lowest BCUT2D eigenvalue weighted by Gasteiger charge is -2.55. The summed E-state index contributed by atoms with van der Waals surface area (Å²) >= 11 is 0. The van der Waals surface area contributed by atoms with E-state index in [1.165, 1.54) is 51.9 Å². The Morgan fingerprint density at radius 1 is 0.941 bits per heavy atom. The van der Waals surface area contributed by atoms with Crippen molar-refractivity contribution in [2.24, 2.45) is 28.6 Å². The van der Waals surface area contributed by atoms with Crippen LogP contribution in [0.25, 0.3) is 0 Å². The van der Waals surface area contributed by atoms with Gasteiger partial charge in [0.25, 0.3) is 0 Å². The van der Waals surface area contributed by atoms with E-state index < -0.39 is 0 Å². The van der Waals surface area contributed by atoms with Crippen LogP contribution in [0.15, 0.2) is 11.1 Å². The van der Waals surface area contributed by atoms with E-state index in [0.717, 1.165) is 49.7 Å². The summed E-state index contributed by atoms with van der Waals surface area (Å²) in [5, 5.41) is 0. The molecule has 0 aromatic carbocycles. The first-order chi connectivity index (χ1) is 16.2. The number of ether oxygens (including phenoxy) is 1. The minimum atomic E-state index is -0.226. The predicted molar refractivity (Wildman–Crippen MR) is 134 cm³/mol. The molecule has 190 valence electrons. The number of hydrogen-bond donors (Lipinski definition) is 0. The van der Waals surface area contributed by atoms with Crippen molar-refractivity contribution in [3.63, 3.8) is 0 Å². The Hall–Kier alpha value is -1.45. The van der Waals surface area contributed by atoms with Crippen molar-refractivity contribution in [1.29, 1.82) is 0 Å². The molecule has 0 spiro atoms. The summed E-state index contributed by atoms with van der Waals surface area (Å²) in [5.41, 5.74) is 1.78. The lowest BCUT2D eigenvalue weighted by molar-refractivity contribution is -0.153. The largest absolute Gasteiger partial charge is 0.463 e. The molecule has 3 fully saturated rings. The van der Waals surface area contributed by atoms with Crippen LogP contribution in [0.4, 0.5) is 0 Å². The summed E-state index contributed by atoms with van der Waals surface area (Å²) < 4.78 is 5.53. The molecule has 0 radical (unpaired) electrons. The maximum Gasteiger partial charge on any atom is 0.302 e. The van der Waals surface area contributed by atoms with Gasteiger partial charge >= 0.3 is 5.97 Å². The molecular weight excluding hydrogens is 424 g/mol. The fourth-order valence-corrected chi connectivity index (χ4v) is 8.22. The zero-order valence-electron chi connectivity index (χ0n) is 22.0. The summed E-state index contributed by atoms with van der Waals surface area (Å²) in [7, 11) is 0. The molecule has 34 heavy (non-hydrogen) atoms. The molecule has 0 aromatic rings. The van der Waals surface area contributed by atoms with Crippen LogP contribution in [0.2, 0.25) is 0 Å². The fourth-order valence-electron chi connectivity index (χ4n) is 8.22. The third-order valence-electron chi connectivity index (χ3n) is 10.3. The van der Waals surface area contributed by atoms with Gasteiger partial charge in [-0.3, -0.25) is 14.4 Å². The number of Topliss-reactive ketones (excluding diaryl/α,β-unsaturated/α-hetero) is 2. The van der Waals surface area contributed by atoms with Crippen molar-refractivity contribution in [2.75, 3.05) is 0 Å². The second kappa shape index (κ2) is 10.3. The van der Waals surface area contributed by atoms with E-state index >= 15 is 0 Å². The van der Waals surface area contributed by atoms with E-state index in [0.29, 0.717) is 18.8 Å². The Bertz CT molecular complexity index is 841. The number of allylic oxidation sites excluding steroid dienone is 2. The van der Waals surface area contributed by atoms with Gasteiger partial charge < -0.3 is 4.74 Å². The molecule has 0 aliphatic heterocycles. The minimum Gasteiger partial charge on any atom is -0.463 e. The number of unbranched alkanes of at least 4 members (excludes halogenated alkanes) is 6. The lowest BCUT2D eigenvalue weighted by atomic mass is 9.48. The van der Waals surface area contributed by atoms with Gasteiger partial charge in [-0.15, -0.1) is 0 Å². The van der Waals surface area contributed by atoms with Gasteiger partial charge in [0.15, 0.2) is 11.6 Å². The summed E-state index contributed by atoms with van der Waals surface area (Å²) in [6.45, 7) is 8.36. The topological polar surface area (TPSA) is 60.4 Å². The molecule has 0 heterocycles. The number of ketones is 2. The maximum absolute atomic E-state index is 13.6. The van der Waals surface area contributed by atoms with Gasteiger partial charge in [-0.2, -0.15) is 0 Å². The monoisotopic (exact) mass is 470 g/mol. The van der Waals surface area contributed by atoms with Gasteiger partial charge in [0.05, 0.1) is 0 Å². The summed E-state index contributed by atoms with van der Waals surface area (Å²) in [4.78, 5) is 38.5. The number of hydrogen-bond acceptors (Lipinski definition) is 4. The number of esters is 1. The number of carbonyl (C=O) groups excluding carboxylic acids is 3. The fraction of sp³-hybridized carbons (Fsp3) is 0.833. The summed E-state index contributed by atoms with van der Waals surface area (Å²) in [6.07, 6.45) is 16.0. The Morgan fingerprint density at radius 2 is 1.65 bits per heavy atom. The normalized spacial score (nSPS) is 37.3. The Morgan fingerprint density at radius 3 is 2.35 bits per heavy atom. The van der Waals surface area contributed by atoms with Gasteiger partial charge in [-0.1, -0.05) is 65.7 Å². The number of fused-ring (bicyclic) bond motifs is 4. The van der Waals surface area contributed by atoms with Crippen LogP contribution < -0.4 is 0 Å². The minimum absolute atomic E-state index is 0.0328. The van der Waals surface area contributed by atoms with Crippen molar-refractivity contribution in [3.05, 3.63) is 11.1 Å². The standard InChI is InChI=1S/C30H46O4/c1-5-6-7-8-9-10-11-12-21-18-26(33)28-27-24(14-16-30(21,28)4)29(3)15-13-23(34-20(2)31)17-22(29)19-25(27)32/h21-24H,5-19H2,1-4H3/t21-,22+,23-,24-,29-,30+/m0/s1. The van der Waals surface area contributed by atoms with Gasteiger partial charge in [0, 0.05) is 30.9 Å². The van der Waals surface area contributed by atoms with E-state index in [1.54, 1.807) is 0 Å². The molecule has 0 bridgehead atoms. The van der Waals surface area contributed by atoms with Crippen LogP contribution in [0.3, 0.4) is 0 Å². The molecule has 0 unspecified atom stereocenters. The second-order valence-corrected chi connectivity index (χ2v) is 12.4. The third kappa shape index (κ3) is 4.67. The first kappa shape index (κ1) is 25.6. The molecule has 3 saturated carbocycles. The van der Waals surface area contributed by atoms with E-state index in [9.17, 15) is 14.4 Å². The smallest absolute Gasteiger partial charge is 0.302 e. The summed E-state index contributed by atoms with van der Waals surface area (Å²) in [6, 6.07) is 0. The molecule has 4 aliphatic rings. The van der Waals surface area contributed by atoms with Crippen molar-refractivity contribution in [1.82, 2.24) is 0 Å². The predicted octanol–water partition coefficient (Wildman–Crippen LogP) is 7.14. The van der Waals surface area contributed by atoms with Crippen molar-refractivity contribution >= 4 is 17.5 Å². The highest BCUT2D eigenvalue weighted by molar-refractivity contribution is 6.10. The molecular formula is C30H46O4. The Balaban J connectivity index is 1.48. The summed E-state index contributed by atoms with van der Waals surface area (Å²) in [5.74, 6) is 1.09. The zero-order chi connectivity index (χ0) is 24.5. The molecule has 4 aliphatic carbocycles. The Kier molecular flexibility index (Phi) is 7.74. The highest BCUT2D eigenvalue weighted by Crippen LogP contribution is 2.64. The van der Waals surface area contributed by atoms with Gasteiger partial charge in [-0.05, 0) is 67.1 Å². The molecule has 0 N–H and O–H groups in total. The first-order valence-corrected chi connectivity index (χ1v) is 14.2. The Labute approximate surface area is 206 Å². The quantitative estimate of drug-likeness (QED) is 0.265. The van der Waals surface area contributed by atoms with E-state index in [2.05, 4.69) is 20.8 Å². The van der Waals surface area contributed by atoms with E-state index in [4.69, 9.17) is 4.74 Å². The van der Waals surface area contributed by atoms with Crippen LogP contribution in [-0.4, -0.2) is 23.6 Å². The zero-order valence-corrected chi connectivity index (χ0v) is 22.0. The maximum atomic E-state index is 13.6. The highest BCUT2D eigenvalue weighted by atomic mass is 16.5. The van der Waals surface area contributed by atoms with Crippen LogP contribution in [-0.2, 0) is 19.1 Å². The van der Waals surface area contributed by atoms with Crippen molar-refractivity contribution in [3.8, 4) is 0 Å². The molecule has 6 atom stereocenters. The number of carbonyl (C=O) groups is 3. The molecule has 0 amide bonds. The molecule has 0 aromatic heterocycles. The molecule has 4 heteroatoms. The van der Waals surface area contributed by atoms with Crippen LogP contribution >= 0.6 is 0 Å². The molecule has 0 saturated heterocycles. The van der Waals surface area contributed by atoms with Crippen molar-refractivity contribution < 1.29 is 19.1 Å². The molecule has 4 rings (SSSR count). The SMILES string of the molecule is CCCCCCCCC[C@H]1CC(=O)C2=C3C(=O)C[C@H]4C[C@@H](OC(C)=O)CC[C@]4(C)[C@H]3CC[C@@]21C. The molecule has 4 nitrogen and oxygen atoms in total. The second-order valence-electron chi connectivity index (χ2n) is 12.4. The number of rotatable bonds is 9. The van der Waals surface area contributed by atoms with Gasteiger partial charge in [0.2, 0.25) is 0 Å². The van der Waals surface area contributed by atoms with Crippen molar-refractivity contribution in [2.45, 2.75) is 130 Å². The van der Waals surface area contributed by atoms with E-state index in [-0.39, 0.29) is 46.3 Å². The van der Waals surface area contributed by atoms with E-state index in [1.807, 2.05) is 0 Å². The van der Waals surface area contributed by atoms with Crippen LogP contribution in [0.5, 0.6) is 0 Å². The first-order valence-electron chi connectivity index (χ1n) is 14.2. The highest BCUT2D eigenvalue weighted by Gasteiger charge is 2.59. The average Bonchev–Trinajstić information content (AvgIpc) is 3.04. The third-order valence-corrected chi connectivity index (χ3v) is 10.3. The van der Waals surface area contributed by atoms with Crippen LogP contribution in [0, 0.1) is 28.6 Å². The van der Waals surface area contributed by atoms with Crippen LogP contribution in [0.1, 0.15) is 124 Å². The lowest BCUT2D eigenvalue weighted by Crippen LogP contribution is -2.51. The van der Waals surface area contributed by atoms with Gasteiger partial charge in [-0.25, -0.2) is 0 Å².